The van der Waals surface area contributed by atoms with Gasteiger partial charge in [0.25, 0.3) is 0 Å². The van der Waals surface area contributed by atoms with Crippen LogP contribution >= 0.6 is 24.8 Å². The van der Waals surface area contributed by atoms with Gasteiger partial charge in [-0.1, -0.05) is 36.4 Å². The molecule has 0 aliphatic heterocycles. The molecule has 2 aromatic carbocycles. The molecule has 0 atom stereocenters. The molecule has 1 aliphatic carbocycles. The lowest BCUT2D eigenvalue weighted by atomic mass is 9.77. The molecule has 0 saturated carbocycles. The summed E-state index contributed by atoms with van der Waals surface area (Å²) in [6, 6.07) is 13.1. The number of nitrogens with one attached hydrogen (secondary N) is 2. The molecule has 22 heavy (non-hydrogen) atoms. The average molecular weight is 339 g/mol. The van der Waals surface area contributed by atoms with Gasteiger partial charge in [0, 0.05) is 0 Å². The fourth-order valence-electron chi connectivity index (χ4n) is 2.26. The number of rotatable bonds is 0. The fraction of sp³-hybridized carbons (Fsp3) is 0.125. The lowest BCUT2D eigenvalue weighted by Gasteiger charge is -2.26. The minimum atomic E-state index is 0. The lowest BCUT2D eigenvalue weighted by molar-refractivity contribution is 0.562. The van der Waals surface area contributed by atoms with Crippen molar-refractivity contribution in [1.29, 1.82) is 10.8 Å². The van der Waals surface area contributed by atoms with E-state index in [1.54, 1.807) is 0 Å². The van der Waals surface area contributed by atoms with E-state index in [2.05, 4.69) is 50.2 Å². The zero-order chi connectivity index (χ0) is 15.1. The highest BCUT2D eigenvalue weighted by atomic mass is 35.5. The van der Waals surface area contributed by atoms with Crippen LogP contribution in [0.3, 0.4) is 0 Å². The molecule has 0 bridgehead atoms. The maximum atomic E-state index is 8.35. The summed E-state index contributed by atoms with van der Waals surface area (Å²) < 4.78 is 0. The van der Waals surface area contributed by atoms with Crippen molar-refractivity contribution in [2.75, 3.05) is 0 Å². The third-order valence-corrected chi connectivity index (χ3v) is 3.22. The fourth-order valence-corrected chi connectivity index (χ4v) is 2.26. The number of fused-ring (bicyclic) bond motifs is 4. The van der Waals surface area contributed by atoms with Crippen LogP contribution in [0, 0.1) is 24.7 Å². The van der Waals surface area contributed by atoms with E-state index in [4.69, 9.17) is 20.4 Å². The van der Waals surface area contributed by atoms with Gasteiger partial charge in [-0.2, -0.15) is 0 Å². The Balaban J connectivity index is 0. The third-order valence-electron chi connectivity index (χ3n) is 3.22. The molecule has 2 aromatic rings. The Morgan fingerprint density at radius 3 is 1.73 bits per heavy atom. The quantitative estimate of drug-likeness (QED) is 0.464. The van der Waals surface area contributed by atoms with Crippen molar-refractivity contribution in [3.63, 3.8) is 0 Å². The molecule has 0 fully saturated rings. The zero-order valence-electron chi connectivity index (χ0n) is 12.1. The zero-order valence-corrected chi connectivity index (χ0v) is 13.7. The molecule has 0 radical (unpaired) electrons. The first-order valence-corrected chi connectivity index (χ1v) is 5.90. The van der Waals surface area contributed by atoms with Gasteiger partial charge >= 0.3 is 0 Å². The van der Waals surface area contributed by atoms with Crippen LogP contribution in [-0.4, -0.2) is 12.2 Å². The summed E-state index contributed by atoms with van der Waals surface area (Å²) in [7, 11) is 0. The number of hydrogen-bond donors (Lipinski definition) is 2. The molecule has 0 unspecified atom stereocenters. The predicted octanol–water partition coefficient (Wildman–Crippen LogP) is 4.60. The van der Waals surface area contributed by atoms with Crippen molar-refractivity contribution in [3.05, 3.63) is 47.5 Å². The van der Waals surface area contributed by atoms with Crippen LogP contribution in [0.1, 0.15) is 11.1 Å². The van der Waals surface area contributed by atoms with Crippen molar-refractivity contribution in [2.24, 2.45) is 0 Å². The number of hydrogen-bond acceptors (Lipinski definition) is 4. The summed E-state index contributed by atoms with van der Waals surface area (Å²) in [6.45, 7) is 4.39. The minimum Gasteiger partial charge on any atom is -0.222 e. The summed E-state index contributed by atoms with van der Waals surface area (Å²) in [5.74, 6) is 0. The average Bonchev–Trinajstić information content (AvgIpc) is 2.40. The Hall–Kier alpha value is -2.22. The van der Waals surface area contributed by atoms with Gasteiger partial charge in [-0.25, -0.2) is 20.4 Å². The molecule has 6 heteroatoms. The van der Waals surface area contributed by atoms with Crippen LogP contribution in [0.25, 0.3) is 22.3 Å². The highest BCUT2D eigenvalue weighted by Gasteiger charge is 2.23. The molecule has 1 aliphatic rings. The smallest absolute Gasteiger partial charge is 0.222 e. The van der Waals surface area contributed by atoms with Gasteiger partial charge in [0.05, 0.1) is 0 Å². The Kier molecular flexibility index (Phi) is 10.5. The topological polar surface area (TPSA) is 81.8 Å². The van der Waals surface area contributed by atoms with Gasteiger partial charge in [-0.05, 0) is 47.2 Å². The van der Waals surface area contributed by atoms with Crippen LogP contribution in [0.4, 0.5) is 0 Å². The van der Waals surface area contributed by atoms with E-state index in [0.29, 0.717) is 0 Å². The number of aryl methyl sites for hydroxylation is 1. The van der Waals surface area contributed by atoms with E-state index in [1.807, 2.05) is 0 Å². The SMILES string of the molecule is Cc1ccc2c(c1C)-c1ccccc1-2.Cl.Cl.N=C=O.N=C=O. The molecular weight excluding hydrogens is 323 g/mol. The molecule has 4 nitrogen and oxygen atoms in total. The van der Waals surface area contributed by atoms with Gasteiger partial charge in [0.15, 0.2) is 0 Å². The number of carbonyl (C=O) groups excluding carboxylic acids is 2. The van der Waals surface area contributed by atoms with Gasteiger partial charge < -0.3 is 0 Å². The third kappa shape index (κ3) is 4.39. The number of benzene rings is 2. The molecule has 116 valence electrons. The maximum Gasteiger partial charge on any atom is 0.231 e. The van der Waals surface area contributed by atoms with Crippen LogP contribution in [0.15, 0.2) is 36.4 Å². The highest BCUT2D eigenvalue weighted by Crippen LogP contribution is 2.48. The molecule has 0 heterocycles. The lowest BCUT2D eigenvalue weighted by Crippen LogP contribution is -2.01. The molecule has 0 spiro atoms. The van der Waals surface area contributed by atoms with Crippen molar-refractivity contribution < 1.29 is 9.59 Å². The first-order valence-electron chi connectivity index (χ1n) is 5.90. The van der Waals surface area contributed by atoms with Crippen LogP contribution in [0.2, 0.25) is 0 Å². The van der Waals surface area contributed by atoms with Crippen molar-refractivity contribution in [3.8, 4) is 22.3 Å². The van der Waals surface area contributed by atoms with Gasteiger partial charge in [0.2, 0.25) is 12.2 Å². The number of isocyanates is 2. The molecule has 0 amide bonds. The summed E-state index contributed by atoms with van der Waals surface area (Å²) in [6.07, 6.45) is 1.50. The summed E-state index contributed by atoms with van der Waals surface area (Å²) >= 11 is 0. The van der Waals surface area contributed by atoms with E-state index < -0.39 is 0 Å². The second-order valence-electron chi connectivity index (χ2n) is 4.18. The van der Waals surface area contributed by atoms with Crippen LogP contribution in [-0.2, 0) is 9.59 Å². The maximum absolute atomic E-state index is 8.35. The molecule has 0 saturated heterocycles. The van der Waals surface area contributed by atoms with Crippen molar-refractivity contribution >= 4 is 37.0 Å². The first-order chi connectivity index (χ1) is 9.62. The predicted molar refractivity (Wildman–Crippen MR) is 91.7 cm³/mol. The first kappa shape index (κ1) is 22.1. The van der Waals surface area contributed by atoms with Crippen LogP contribution < -0.4 is 0 Å². The standard InChI is InChI=1S/C14H12.2CHNO.2ClH/c1-9-7-8-13-11-5-3-4-6-12(11)14(13)10(9)2;2*2-1-3;;/h3-8H,1-2H3;2*2H;2*1H. The number of halogens is 2. The van der Waals surface area contributed by atoms with E-state index in [1.165, 1.54) is 33.4 Å². The second-order valence-corrected chi connectivity index (χ2v) is 4.18. The van der Waals surface area contributed by atoms with E-state index >= 15 is 0 Å². The molecule has 3 rings (SSSR count). The van der Waals surface area contributed by atoms with E-state index in [9.17, 15) is 0 Å². The molecule has 2 N–H and O–H groups in total. The van der Waals surface area contributed by atoms with Crippen molar-refractivity contribution in [2.45, 2.75) is 13.8 Å². The Morgan fingerprint density at radius 2 is 1.23 bits per heavy atom. The Bertz CT molecular complexity index is 691. The molecular formula is C16H16Cl2N2O2. The normalized spacial score (nSPS) is 8.09. The summed E-state index contributed by atoms with van der Waals surface area (Å²) in [5.41, 5.74) is 8.53. The van der Waals surface area contributed by atoms with Gasteiger partial charge in [-0.15, -0.1) is 24.8 Å². The van der Waals surface area contributed by atoms with Crippen molar-refractivity contribution in [1.82, 2.24) is 0 Å². The Morgan fingerprint density at radius 1 is 0.773 bits per heavy atom. The van der Waals surface area contributed by atoms with Gasteiger partial charge in [0.1, 0.15) is 0 Å². The van der Waals surface area contributed by atoms with Crippen LogP contribution in [0.5, 0.6) is 0 Å². The van der Waals surface area contributed by atoms with Gasteiger partial charge in [-0.3, -0.25) is 0 Å². The molecule has 0 aromatic heterocycles. The summed E-state index contributed by atoms with van der Waals surface area (Å²) in [5, 5.41) is 10.8. The summed E-state index contributed by atoms with van der Waals surface area (Å²) in [4.78, 5) is 16.7. The largest absolute Gasteiger partial charge is 0.231 e. The second kappa shape index (κ2) is 10.5. The van der Waals surface area contributed by atoms with E-state index in [-0.39, 0.29) is 24.8 Å². The minimum absolute atomic E-state index is 0. The monoisotopic (exact) mass is 338 g/mol. The van der Waals surface area contributed by atoms with E-state index in [0.717, 1.165) is 12.2 Å². The highest BCUT2D eigenvalue weighted by molar-refractivity contribution is 6.03. The Labute approximate surface area is 141 Å².